The summed E-state index contributed by atoms with van der Waals surface area (Å²) >= 11 is 0. The van der Waals surface area contributed by atoms with Gasteiger partial charge in [-0.2, -0.15) is 0 Å². The monoisotopic (exact) mass is 237 g/mol. The van der Waals surface area contributed by atoms with Gasteiger partial charge in [0, 0.05) is 0 Å². The van der Waals surface area contributed by atoms with Crippen molar-refractivity contribution in [2.24, 2.45) is 0 Å². The van der Waals surface area contributed by atoms with Crippen LogP contribution in [0.1, 0.15) is 27.6 Å². The van der Waals surface area contributed by atoms with Crippen molar-refractivity contribution in [1.29, 1.82) is 0 Å². The van der Waals surface area contributed by atoms with Gasteiger partial charge in [-0.15, -0.1) is 0 Å². The van der Waals surface area contributed by atoms with Gasteiger partial charge in [-0.05, 0) is 19.1 Å². The highest BCUT2D eigenvalue weighted by Crippen LogP contribution is 2.08. The molecule has 0 aliphatic heterocycles. The van der Waals surface area contributed by atoms with Crippen molar-refractivity contribution in [2.45, 2.75) is 13.0 Å². The van der Waals surface area contributed by atoms with Crippen LogP contribution in [0.15, 0.2) is 24.3 Å². The van der Waals surface area contributed by atoms with Crippen LogP contribution in [-0.4, -0.2) is 34.1 Å². The fourth-order valence-corrected chi connectivity index (χ4v) is 1.20. The molecule has 1 amide bonds. The summed E-state index contributed by atoms with van der Waals surface area (Å²) in [5, 5.41) is 19.7. The quantitative estimate of drug-likeness (QED) is 0.710. The maximum atomic E-state index is 11.6. The van der Waals surface area contributed by atoms with Crippen molar-refractivity contribution in [2.75, 3.05) is 0 Å². The predicted octanol–water partition coefficient (Wildman–Crippen LogP) is 0.588. The van der Waals surface area contributed by atoms with Gasteiger partial charge in [-0.1, -0.05) is 12.1 Å². The summed E-state index contributed by atoms with van der Waals surface area (Å²) in [5.74, 6) is -3.15. The molecule has 1 rings (SSSR count). The first-order valence-electron chi connectivity index (χ1n) is 4.79. The number of aliphatic carboxylic acids is 1. The van der Waals surface area contributed by atoms with E-state index >= 15 is 0 Å². The number of carboxylic acids is 2. The Morgan fingerprint density at radius 3 is 2.12 bits per heavy atom. The molecule has 3 N–H and O–H groups in total. The Morgan fingerprint density at radius 1 is 1.12 bits per heavy atom. The molecule has 0 radical (unpaired) electrons. The molecule has 0 saturated carbocycles. The van der Waals surface area contributed by atoms with Crippen molar-refractivity contribution in [3.63, 3.8) is 0 Å². The van der Waals surface area contributed by atoms with E-state index in [1.807, 2.05) is 0 Å². The van der Waals surface area contributed by atoms with Crippen molar-refractivity contribution in [1.82, 2.24) is 5.32 Å². The second-order valence-electron chi connectivity index (χ2n) is 3.38. The Labute approximate surface area is 96.9 Å². The molecule has 90 valence electrons. The first kappa shape index (κ1) is 12.7. The number of rotatable bonds is 4. The summed E-state index contributed by atoms with van der Waals surface area (Å²) in [4.78, 5) is 33.1. The van der Waals surface area contributed by atoms with E-state index in [2.05, 4.69) is 5.32 Å². The van der Waals surface area contributed by atoms with Crippen LogP contribution in [0.3, 0.4) is 0 Å². The minimum atomic E-state index is -1.24. The smallest absolute Gasteiger partial charge is 0.336 e. The average molecular weight is 237 g/mol. The predicted molar refractivity (Wildman–Crippen MR) is 58.0 cm³/mol. The zero-order valence-electron chi connectivity index (χ0n) is 9.01. The average Bonchev–Trinajstić information content (AvgIpc) is 2.28. The van der Waals surface area contributed by atoms with Crippen LogP contribution in [0.5, 0.6) is 0 Å². The molecule has 0 unspecified atom stereocenters. The first-order chi connectivity index (χ1) is 7.93. The topological polar surface area (TPSA) is 104 Å². The largest absolute Gasteiger partial charge is 0.480 e. The second kappa shape index (κ2) is 5.11. The lowest BCUT2D eigenvalue weighted by molar-refractivity contribution is -0.138. The van der Waals surface area contributed by atoms with Gasteiger partial charge in [0.05, 0.1) is 11.1 Å². The fraction of sp³-hybridized carbons (Fsp3) is 0.182. The Kier molecular flexibility index (Phi) is 3.82. The van der Waals surface area contributed by atoms with Gasteiger partial charge in [0.2, 0.25) is 0 Å². The van der Waals surface area contributed by atoms with Crippen molar-refractivity contribution < 1.29 is 24.6 Å². The lowest BCUT2D eigenvalue weighted by Crippen LogP contribution is -2.38. The standard InChI is InChI=1S/C11H11NO5/c1-6(10(14)15)12-9(13)7-4-2-3-5-8(7)11(16)17/h2-6H,1H3,(H,12,13)(H,14,15)(H,16,17)/t6-/m1/s1. The van der Waals surface area contributed by atoms with Crippen molar-refractivity contribution in [3.05, 3.63) is 35.4 Å². The van der Waals surface area contributed by atoms with Crippen molar-refractivity contribution >= 4 is 17.8 Å². The number of carbonyl (C=O) groups is 3. The zero-order chi connectivity index (χ0) is 13.0. The minimum Gasteiger partial charge on any atom is -0.480 e. The maximum absolute atomic E-state index is 11.6. The van der Waals surface area contributed by atoms with Gasteiger partial charge in [0.1, 0.15) is 6.04 Å². The fourth-order valence-electron chi connectivity index (χ4n) is 1.20. The molecular formula is C11H11NO5. The number of amides is 1. The number of carboxylic acid groups (broad SMARTS) is 2. The first-order valence-corrected chi connectivity index (χ1v) is 4.79. The maximum Gasteiger partial charge on any atom is 0.336 e. The van der Waals surface area contributed by atoms with Crippen LogP contribution in [0.4, 0.5) is 0 Å². The molecule has 0 heterocycles. The molecule has 0 aliphatic carbocycles. The highest BCUT2D eigenvalue weighted by atomic mass is 16.4. The summed E-state index contributed by atoms with van der Waals surface area (Å²) in [6.07, 6.45) is 0. The third-order valence-corrected chi connectivity index (χ3v) is 2.12. The van der Waals surface area contributed by atoms with E-state index in [0.717, 1.165) is 0 Å². The highest BCUT2D eigenvalue weighted by molar-refractivity contribution is 6.05. The van der Waals surface area contributed by atoms with Crippen LogP contribution in [0.2, 0.25) is 0 Å². The van der Waals surface area contributed by atoms with Gasteiger partial charge in [0.15, 0.2) is 0 Å². The molecule has 0 saturated heterocycles. The molecular weight excluding hydrogens is 226 g/mol. The van der Waals surface area contributed by atoms with Gasteiger partial charge < -0.3 is 15.5 Å². The number of hydrogen-bond acceptors (Lipinski definition) is 3. The normalized spacial score (nSPS) is 11.6. The van der Waals surface area contributed by atoms with E-state index in [1.54, 1.807) is 0 Å². The number of benzene rings is 1. The number of aromatic carboxylic acids is 1. The summed E-state index contributed by atoms with van der Waals surface area (Å²) < 4.78 is 0. The molecule has 0 aromatic heterocycles. The third kappa shape index (κ3) is 3.04. The number of hydrogen-bond donors (Lipinski definition) is 3. The Bertz CT molecular complexity index is 469. The third-order valence-electron chi connectivity index (χ3n) is 2.12. The molecule has 1 aromatic rings. The minimum absolute atomic E-state index is 0.0619. The van der Waals surface area contributed by atoms with Crippen LogP contribution in [0, 0.1) is 0 Å². The molecule has 0 aliphatic rings. The molecule has 0 spiro atoms. The SMILES string of the molecule is C[C@@H](NC(=O)c1ccccc1C(=O)O)C(=O)O. The van der Waals surface area contributed by atoms with Crippen molar-refractivity contribution in [3.8, 4) is 0 Å². The van der Waals surface area contributed by atoms with E-state index in [4.69, 9.17) is 10.2 Å². The van der Waals surface area contributed by atoms with Crippen LogP contribution < -0.4 is 5.32 Å². The molecule has 6 heteroatoms. The lowest BCUT2D eigenvalue weighted by Gasteiger charge is -2.10. The zero-order valence-corrected chi connectivity index (χ0v) is 9.01. The molecule has 0 bridgehead atoms. The van der Waals surface area contributed by atoms with E-state index in [9.17, 15) is 14.4 Å². The van der Waals surface area contributed by atoms with E-state index < -0.39 is 23.9 Å². The molecule has 17 heavy (non-hydrogen) atoms. The Morgan fingerprint density at radius 2 is 1.65 bits per heavy atom. The lowest BCUT2D eigenvalue weighted by atomic mass is 10.1. The van der Waals surface area contributed by atoms with Crippen LogP contribution in [0.25, 0.3) is 0 Å². The number of carbonyl (C=O) groups excluding carboxylic acids is 1. The Hall–Kier alpha value is -2.37. The van der Waals surface area contributed by atoms with Crippen LogP contribution in [-0.2, 0) is 4.79 Å². The Balaban J connectivity index is 2.97. The van der Waals surface area contributed by atoms with E-state index in [-0.39, 0.29) is 11.1 Å². The number of nitrogens with one attached hydrogen (secondary N) is 1. The molecule has 6 nitrogen and oxygen atoms in total. The molecule has 0 fully saturated rings. The molecule has 1 aromatic carbocycles. The summed E-state index contributed by atoms with van der Waals surface area (Å²) in [5.41, 5.74) is -0.226. The highest BCUT2D eigenvalue weighted by Gasteiger charge is 2.19. The van der Waals surface area contributed by atoms with Gasteiger partial charge in [-0.3, -0.25) is 9.59 Å². The van der Waals surface area contributed by atoms with Gasteiger partial charge >= 0.3 is 11.9 Å². The van der Waals surface area contributed by atoms with Gasteiger partial charge in [-0.25, -0.2) is 4.79 Å². The van der Waals surface area contributed by atoms with E-state index in [0.29, 0.717) is 0 Å². The summed E-state index contributed by atoms with van der Waals surface area (Å²) in [6, 6.07) is 4.52. The van der Waals surface area contributed by atoms with E-state index in [1.165, 1.54) is 31.2 Å². The summed E-state index contributed by atoms with van der Waals surface area (Å²) in [7, 11) is 0. The van der Waals surface area contributed by atoms with Gasteiger partial charge in [0.25, 0.3) is 5.91 Å². The van der Waals surface area contributed by atoms with Crippen LogP contribution >= 0.6 is 0 Å². The molecule has 1 atom stereocenters. The second-order valence-corrected chi connectivity index (χ2v) is 3.38. The summed E-state index contributed by atoms with van der Waals surface area (Å²) in [6.45, 7) is 1.30.